The highest BCUT2D eigenvalue weighted by Gasteiger charge is 2.31. The van der Waals surface area contributed by atoms with Gasteiger partial charge >= 0.3 is 0 Å². The van der Waals surface area contributed by atoms with E-state index in [9.17, 15) is 5.11 Å². The van der Waals surface area contributed by atoms with E-state index in [0.29, 0.717) is 18.5 Å². The number of halogens is 1. The van der Waals surface area contributed by atoms with Crippen LogP contribution in [0.15, 0.2) is 28.7 Å². The second-order valence-corrected chi connectivity index (χ2v) is 6.96. The Balaban J connectivity index is 1.75. The molecule has 1 unspecified atom stereocenters. The van der Waals surface area contributed by atoms with Crippen molar-refractivity contribution in [3.05, 3.63) is 34.3 Å². The van der Waals surface area contributed by atoms with Gasteiger partial charge in [0.15, 0.2) is 0 Å². The van der Waals surface area contributed by atoms with Crippen molar-refractivity contribution in [3.8, 4) is 0 Å². The van der Waals surface area contributed by atoms with Crippen LogP contribution in [0.5, 0.6) is 0 Å². The van der Waals surface area contributed by atoms with Gasteiger partial charge in [-0.3, -0.25) is 0 Å². The third kappa shape index (κ3) is 4.30. The van der Waals surface area contributed by atoms with Gasteiger partial charge in [-0.15, -0.1) is 0 Å². The van der Waals surface area contributed by atoms with Crippen molar-refractivity contribution in [2.24, 2.45) is 0 Å². The van der Waals surface area contributed by atoms with Crippen LogP contribution in [0.4, 0.5) is 0 Å². The standard InChI is InChI=1S/C16H24BrNO/c1-3-7-16(2,19)11-18-15-9-13(10-15)12-5-4-6-14(17)8-12/h4-6,8,13,15,18-19H,3,7,9-11H2,1-2H3. The maximum atomic E-state index is 10.1. The van der Waals surface area contributed by atoms with Crippen LogP contribution in [0.2, 0.25) is 0 Å². The molecule has 1 fully saturated rings. The highest BCUT2D eigenvalue weighted by Crippen LogP contribution is 2.37. The molecule has 0 amide bonds. The molecule has 0 bridgehead atoms. The Morgan fingerprint density at radius 1 is 1.42 bits per heavy atom. The molecule has 1 atom stereocenters. The highest BCUT2D eigenvalue weighted by molar-refractivity contribution is 9.10. The summed E-state index contributed by atoms with van der Waals surface area (Å²) in [5.74, 6) is 0.672. The Labute approximate surface area is 124 Å². The third-order valence-electron chi connectivity index (χ3n) is 4.02. The summed E-state index contributed by atoms with van der Waals surface area (Å²) >= 11 is 3.52. The molecule has 2 nitrogen and oxygen atoms in total. The Morgan fingerprint density at radius 3 is 2.79 bits per heavy atom. The third-order valence-corrected chi connectivity index (χ3v) is 4.51. The number of aliphatic hydroxyl groups is 1. The zero-order valence-corrected chi connectivity index (χ0v) is 13.4. The number of hydrogen-bond acceptors (Lipinski definition) is 2. The quantitative estimate of drug-likeness (QED) is 0.833. The lowest BCUT2D eigenvalue weighted by Gasteiger charge is -2.38. The summed E-state index contributed by atoms with van der Waals surface area (Å²) in [7, 11) is 0. The van der Waals surface area contributed by atoms with Crippen LogP contribution >= 0.6 is 15.9 Å². The summed E-state index contributed by atoms with van der Waals surface area (Å²) in [6, 6.07) is 9.16. The van der Waals surface area contributed by atoms with Crippen LogP contribution in [0.3, 0.4) is 0 Å². The molecule has 2 rings (SSSR count). The first-order chi connectivity index (χ1) is 9.00. The molecular weight excluding hydrogens is 302 g/mol. The smallest absolute Gasteiger partial charge is 0.0743 e. The fraction of sp³-hybridized carbons (Fsp3) is 0.625. The van der Waals surface area contributed by atoms with E-state index in [-0.39, 0.29) is 0 Å². The fourth-order valence-corrected chi connectivity index (χ4v) is 3.23. The van der Waals surface area contributed by atoms with Crippen molar-refractivity contribution >= 4 is 15.9 Å². The maximum absolute atomic E-state index is 10.1. The first kappa shape index (κ1) is 15.0. The van der Waals surface area contributed by atoms with E-state index in [1.54, 1.807) is 0 Å². The van der Waals surface area contributed by atoms with Gasteiger partial charge in [-0.1, -0.05) is 41.4 Å². The van der Waals surface area contributed by atoms with E-state index in [2.05, 4.69) is 52.4 Å². The lowest BCUT2D eigenvalue weighted by atomic mass is 9.75. The lowest BCUT2D eigenvalue weighted by Crippen LogP contribution is -2.47. The molecule has 1 aliphatic rings. The van der Waals surface area contributed by atoms with Crippen LogP contribution in [0.1, 0.15) is 51.0 Å². The summed E-state index contributed by atoms with van der Waals surface area (Å²) < 4.78 is 1.16. The van der Waals surface area contributed by atoms with Gasteiger partial charge < -0.3 is 10.4 Å². The van der Waals surface area contributed by atoms with Gasteiger partial charge in [-0.25, -0.2) is 0 Å². The van der Waals surface area contributed by atoms with E-state index < -0.39 is 5.60 Å². The molecule has 0 aliphatic heterocycles. The first-order valence-corrected chi connectivity index (χ1v) is 8.01. The average molecular weight is 326 g/mol. The number of rotatable bonds is 6. The van der Waals surface area contributed by atoms with Crippen LogP contribution in [-0.2, 0) is 0 Å². The minimum Gasteiger partial charge on any atom is -0.389 e. The predicted octanol–water partition coefficient (Wildman–Crippen LogP) is 3.84. The van der Waals surface area contributed by atoms with Gasteiger partial charge in [0.2, 0.25) is 0 Å². The molecule has 19 heavy (non-hydrogen) atoms. The van der Waals surface area contributed by atoms with Gasteiger partial charge in [-0.2, -0.15) is 0 Å². The zero-order chi connectivity index (χ0) is 13.9. The van der Waals surface area contributed by atoms with Gasteiger partial charge in [0.05, 0.1) is 5.60 Å². The molecule has 2 N–H and O–H groups in total. The number of hydrogen-bond donors (Lipinski definition) is 2. The normalized spacial score (nSPS) is 25.7. The Morgan fingerprint density at radius 2 is 2.16 bits per heavy atom. The van der Waals surface area contributed by atoms with Crippen molar-refractivity contribution in [1.29, 1.82) is 0 Å². The Kier molecular flexibility index (Phi) is 5.04. The molecule has 0 radical (unpaired) electrons. The second kappa shape index (κ2) is 6.38. The van der Waals surface area contributed by atoms with Crippen molar-refractivity contribution in [2.45, 2.75) is 57.1 Å². The summed E-state index contributed by atoms with van der Waals surface area (Å²) in [6.45, 7) is 4.74. The van der Waals surface area contributed by atoms with Crippen molar-refractivity contribution < 1.29 is 5.11 Å². The summed E-state index contributed by atoms with van der Waals surface area (Å²) in [5, 5.41) is 13.6. The SMILES string of the molecule is CCCC(C)(O)CNC1CC(c2cccc(Br)c2)C1. The van der Waals surface area contributed by atoms with Gasteiger partial charge in [-0.05, 0) is 49.8 Å². The number of nitrogens with one attached hydrogen (secondary N) is 1. The number of benzene rings is 1. The maximum Gasteiger partial charge on any atom is 0.0743 e. The molecule has 0 saturated heterocycles. The molecule has 0 spiro atoms. The lowest BCUT2D eigenvalue weighted by molar-refractivity contribution is 0.0428. The molecule has 106 valence electrons. The molecule has 1 aliphatic carbocycles. The van der Waals surface area contributed by atoms with Crippen LogP contribution < -0.4 is 5.32 Å². The van der Waals surface area contributed by atoms with Gasteiger partial charge in [0.1, 0.15) is 0 Å². The van der Waals surface area contributed by atoms with Crippen molar-refractivity contribution in [2.75, 3.05) is 6.54 Å². The molecule has 0 aromatic heterocycles. The van der Waals surface area contributed by atoms with Crippen LogP contribution in [0.25, 0.3) is 0 Å². The van der Waals surface area contributed by atoms with E-state index in [4.69, 9.17) is 0 Å². The average Bonchev–Trinajstić information content (AvgIpc) is 2.26. The first-order valence-electron chi connectivity index (χ1n) is 7.21. The van der Waals surface area contributed by atoms with E-state index in [1.807, 2.05) is 6.92 Å². The van der Waals surface area contributed by atoms with Crippen molar-refractivity contribution in [1.82, 2.24) is 5.32 Å². The van der Waals surface area contributed by atoms with E-state index >= 15 is 0 Å². The zero-order valence-electron chi connectivity index (χ0n) is 11.8. The van der Waals surface area contributed by atoms with Gasteiger partial charge in [0.25, 0.3) is 0 Å². The fourth-order valence-electron chi connectivity index (χ4n) is 2.81. The molecule has 0 heterocycles. The highest BCUT2D eigenvalue weighted by atomic mass is 79.9. The summed E-state index contributed by atoms with van der Waals surface area (Å²) in [4.78, 5) is 0. The molecule has 1 aromatic carbocycles. The Bertz CT molecular complexity index is 413. The van der Waals surface area contributed by atoms with Crippen LogP contribution in [0, 0.1) is 0 Å². The predicted molar refractivity (Wildman–Crippen MR) is 83.4 cm³/mol. The largest absolute Gasteiger partial charge is 0.389 e. The van der Waals surface area contributed by atoms with Crippen molar-refractivity contribution in [3.63, 3.8) is 0 Å². The second-order valence-electron chi connectivity index (χ2n) is 6.05. The topological polar surface area (TPSA) is 32.3 Å². The van der Waals surface area contributed by atoms with Crippen LogP contribution in [-0.4, -0.2) is 23.3 Å². The molecule has 1 saturated carbocycles. The van der Waals surface area contributed by atoms with E-state index in [1.165, 1.54) is 18.4 Å². The molecule has 1 aromatic rings. The Hall–Kier alpha value is -0.380. The molecule has 3 heteroatoms. The minimum absolute atomic E-state index is 0.560. The van der Waals surface area contributed by atoms with Gasteiger partial charge in [0, 0.05) is 17.1 Å². The van der Waals surface area contributed by atoms with E-state index in [0.717, 1.165) is 17.3 Å². The summed E-state index contributed by atoms with van der Waals surface area (Å²) in [6.07, 6.45) is 4.25. The molecular formula is C16H24BrNO. The monoisotopic (exact) mass is 325 g/mol. The minimum atomic E-state index is -0.560. The summed E-state index contributed by atoms with van der Waals surface area (Å²) in [5.41, 5.74) is 0.864.